The third-order valence-electron chi connectivity index (χ3n) is 1.63. The van der Waals surface area contributed by atoms with Crippen LogP contribution in [0, 0.1) is 0 Å². The van der Waals surface area contributed by atoms with Gasteiger partial charge in [-0.25, -0.2) is 9.21 Å². The van der Waals surface area contributed by atoms with E-state index in [9.17, 15) is 4.79 Å². The summed E-state index contributed by atoms with van der Waals surface area (Å²) in [6.45, 7) is -0.917. The quantitative estimate of drug-likeness (QED) is 0.554. The second kappa shape index (κ2) is 2.84. The van der Waals surface area contributed by atoms with E-state index < -0.39 is 24.8 Å². The summed E-state index contributed by atoms with van der Waals surface area (Å²) >= 11 is 5.42. The van der Waals surface area contributed by atoms with Gasteiger partial charge in [0.25, 0.3) is 0 Å². The first kappa shape index (κ1) is 8.58. The van der Waals surface area contributed by atoms with Crippen LogP contribution in [0.2, 0.25) is 0 Å². The maximum Gasteiger partial charge on any atom is 0.425 e. The summed E-state index contributed by atoms with van der Waals surface area (Å²) in [5, 5.41) is 17.6. The first-order valence-corrected chi connectivity index (χ1v) is 3.34. The van der Waals surface area contributed by atoms with Gasteiger partial charge in [0, 0.05) is 11.8 Å². The molecule has 5 nitrogen and oxygen atoms in total. The Bertz CT molecular complexity index is 170. The van der Waals surface area contributed by atoms with E-state index in [0.29, 0.717) is 4.42 Å². The van der Waals surface area contributed by atoms with E-state index in [2.05, 4.69) is 4.74 Å². The molecule has 1 aliphatic rings. The van der Waals surface area contributed by atoms with Gasteiger partial charge in [0.15, 0.2) is 0 Å². The molecule has 0 aliphatic carbocycles. The van der Waals surface area contributed by atoms with Gasteiger partial charge in [-0.15, -0.1) is 0 Å². The Morgan fingerprint density at radius 1 is 1.64 bits per heavy atom. The van der Waals surface area contributed by atoms with Gasteiger partial charge >= 0.3 is 6.09 Å². The molecule has 1 saturated heterocycles. The lowest BCUT2D eigenvalue weighted by Gasteiger charge is -2.25. The molecule has 1 fully saturated rings. The lowest BCUT2D eigenvalue weighted by Crippen LogP contribution is -2.48. The minimum Gasteiger partial charge on any atom is -0.446 e. The number of carbonyl (C=O) groups is 1. The van der Waals surface area contributed by atoms with Crippen molar-refractivity contribution in [1.29, 1.82) is 0 Å². The maximum atomic E-state index is 10.7. The minimum absolute atomic E-state index is 0.0810. The molecule has 1 rings (SSSR count). The number of ether oxygens (including phenoxy) is 1. The normalized spacial score (nSPS) is 22.1. The predicted octanol–water partition coefficient (Wildman–Crippen LogP) is -0.684. The zero-order valence-electron chi connectivity index (χ0n) is 5.66. The van der Waals surface area contributed by atoms with Crippen LogP contribution >= 0.6 is 11.8 Å². The van der Waals surface area contributed by atoms with E-state index in [1.807, 2.05) is 0 Å². The number of amides is 1. The topological polar surface area (TPSA) is 70.0 Å². The van der Waals surface area contributed by atoms with E-state index in [4.69, 9.17) is 22.0 Å². The summed E-state index contributed by atoms with van der Waals surface area (Å²) in [6.07, 6.45) is -0.741. The minimum atomic E-state index is -1.15. The molecule has 0 aromatic rings. The number of carbonyl (C=O) groups excluding carboxylic acids is 1. The summed E-state index contributed by atoms with van der Waals surface area (Å²) < 4.78 is 5.19. The Hall–Kier alpha value is -0.520. The van der Waals surface area contributed by atoms with Crippen LogP contribution in [0.3, 0.4) is 0 Å². The van der Waals surface area contributed by atoms with Gasteiger partial charge in [-0.1, -0.05) is 0 Å². The molecular formula is C5H8ClNO4. The van der Waals surface area contributed by atoms with Gasteiger partial charge in [0.05, 0.1) is 13.2 Å². The number of cyclic esters (lactones) is 1. The van der Waals surface area contributed by atoms with Crippen molar-refractivity contribution in [3.05, 3.63) is 0 Å². The van der Waals surface area contributed by atoms with Crippen LogP contribution in [0.5, 0.6) is 0 Å². The molecule has 1 heterocycles. The second-order valence-electron chi connectivity index (χ2n) is 2.38. The van der Waals surface area contributed by atoms with Crippen LogP contribution < -0.4 is 0 Å². The number of hydrogen-bond donors (Lipinski definition) is 2. The molecule has 0 bridgehead atoms. The fourth-order valence-electron chi connectivity index (χ4n) is 0.769. The third kappa shape index (κ3) is 1.15. The molecule has 0 radical (unpaired) electrons. The Balaban J connectivity index is 2.77. The van der Waals surface area contributed by atoms with E-state index >= 15 is 0 Å². The van der Waals surface area contributed by atoms with Gasteiger partial charge < -0.3 is 14.9 Å². The monoisotopic (exact) mass is 181 g/mol. The largest absolute Gasteiger partial charge is 0.446 e. The van der Waals surface area contributed by atoms with Crippen molar-refractivity contribution in [2.24, 2.45) is 0 Å². The standard InChI is InChI=1S/C5H8ClNO4/c6-7-4(10)11-3-5(7,1-8)2-9/h8-9H,1-3H2. The highest BCUT2D eigenvalue weighted by molar-refractivity contribution is 6.21. The van der Waals surface area contributed by atoms with Crippen molar-refractivity contribution in [2.75, 3.05) is 19.8 Å². The average molecular weight is 182 g/mol. The van der Waals surface area contributed by atoms with Gasteiger partial charge in [0.1, 0.15) is 12.1 Å². The lowest BCUT2D eigenvalue weighted by atomic mass is 10.1. The van der Waals surface area contributed by atoms with Crippen molar-refractivity contribution in [1.82, 2.24) is 4.42 Å². The molecule has 1 amide bonds. The maximum absolute atomic E-state index is 10.7. The number of rotatable bonds is 2. The van der Waals surface area contributed by atoms with Crippen LogP contribution in [-0.2, 0) is 4.74 Å². The zero-order chi connectivity index (χ0) is 8.48. The number of halogens is 1. The van der Waals surface area contributed by atoms with Crippen molar-refractivity contribution in [2.45, 2.75) is 5.54 Å². The molecule has 0 atom stereocenters. The summed E-state index contributed by atoms with van der Waals surface area (Å²) in [7, 11) is 0. The number of aliphatic hydroxyl groups is 2. The number of hydrogen-bond acceptors (Lipinski definition) is 4. The van der Waals surface area contributed by atoms with Crippen molar-refractivity contribution >= 4 is 17.9 Å². The fraction of sp³-hybridized carbons (Fsp3) is 0.800. The zero-order valence-corrected chi connectivity index (χ0v) is 6.41. The molecular weight excluding hydrogens is 174 g/mol. The Morgan fingerprint density at radius 3 is 2.36 bits per heavy atom. The van der Waals surface area contributed by atoms with E-state index in [1.165, 1.54) is 0 Å². The molecule has 0 aromatic carbocycles. The molecule has 6 heteroatoms. The highest BCUT2D eigenvalue weighted by Crippen LogP contribution is 2.25. The molecule has 0 saturated carbocycles. The lowest BCUT2D eigenvalue weighted by molar-refractivity contribution is 0.0647. The SMILES string of the molecule is O=C1OCC(CO)(CO)N1Cl. The summed E-state index contributed by atoms with van der Waals surface area (Å²) in [5.74, 6) is 0. The summed E-state index contributed by atoms with van der Waals surface area (Å²) in [4.78, 5) is 10.7. The molecule has 0 unspecified atom stereocenters. The van der Waals surface area contributed by atoms with Gasteiger partial charge in [0.2, 0.25) is 0 Å². The Labute approximate surface area is 68.2 Å². The van der Waals surface area contributed by atoms with Crippen molar-refractivity contribution in [3.8, 4) is 0 Å². The van der Waals surface area contributed by atoms with E-state index in [0.717, 1.165) is 0 Å². The smallest absolute Gasteiger partial charge is 0.425 e. The second-order valence-corrected chi connectivity index (χ2v) is 2.71. The predicted molar refractivity (Wildman–Crippen MR) is 35.9 cm³/mol. The van der Waals surface area contributed by atoms with Crippen LogP contribution in [0.1, 0.15) is 0 Å². The van der Waals surface area contributed by atoms with Crippen LogP contribution in [0.25, 0.3) is 0 Å². The van der Waals surface area contributed by atoms with Crippen molar-refractivity contribution in [3.63, 3.8) is 0 Å². The highest BCUT2D eigenvalue weighted by atomic mass is 35.5. The molecule has 64 valence electrons. The number of nitrogens with zero attached hydrogens (tertiary/aromatic N) is 1. The molecule has 1 aliphatic heterocycles. The average Bonchev–Trinajstić information content (AvgIpc) is 2.32. The van der Waals surface area contributed by atoms with Crippen molar-refractivity contribution < 1.29 is 19.7 Å². The molecule has 11 heavy (non-hydrogen) atoms. The Kier molecular flexibility index (Phi) is 2.22. The first-order valence-electron chi connectivity index (χ1n) is 3.01. The molecule has 2 N–H and O–H groups in total. The first-order chi connectivity index (χ1) is 5.16. The van der Waals surface area contributed by atoms with E-state index in [1.54, 1.807) is 0 Å². The number of aliphatic hydroxyl groups excluding tert-OH is 2. The van der Waals surface area contributed by atoms with Crippen LogP contribution in [0.15, 0.2) is 0 Å². The van der Waals surface area contributed by atoms with Gasteiger partial charge in [-0.05, 0) is 0 Å². The van der Waals surface area contributed by atoms with Crippen LogP contribution in [0.4, 0.5) is 4.79 Å². The molecule has 0 spiro atoms. The van der Waals surface area contributed by atoms with E-state index in [-0.39, 0.29) is 6.61 Å². The third-order valence-corrected chi connectivity index (χ3v) is 2.13. The Morgan fingerprint density at radius 2 is 2.18 bits per heavy atom. The summed E-state index contributed by atoms with van der Waals surface area (Å²) in [6, 6.07) is 0. The molecule has 0 aromatic heterocycles. The highest BCUT2D eigenvalue weighted by Gasteiger charge is 2.46. The summed E-state index contributed by atoms with van der Waals surface area (Å²) in [5.41, 5.74) is -1.15. The fourth-order valence-corrected chi connectivity index (χ4v) is 0.973. The van der Waals surface area contributed by atoms with Gasteiger partial charge in [-0.2, -0.15) is 0 Å². The van der Waals surface area contributed by atoms with Gasteiger partial charge in [-0.3, -0.25) is 0 Å². The van der Waals surface area contributed by atoms with Crippen LogP contribution in [-0.4, -0.2) is 46.1 Å².